The molecule has 0 aromatic carbocycles. The molecule has 0 aliphatic rings. The van der Waals surface area contributed by atoms with E-state index in [1.54, 1.807) is 20.8 Å². The number of thiocarbonyl (C=S) groups is 3. The fourth-order valence-corrected chi connectivity index (χ4v) is 2.56. The molecule has 0 radical (unpaired) electrons. The number of ether oxygens (including phenoxy) is 3. The van der Waals surface area contributed by atoms with Gasteiger partial charge in [-0.15, -0.1) is 0 Å². The summed E-state index contributed by atoms with van der Waals surface area (Å²) in [7, 11) is 0. The third-order valence-electron chi connectivity index (χ3n) is 4.07. The molecule has 0 saturated carbocycles. The standard InChI is InChI=1S/C21H27N3O6S3/c1-13(2)16(31)28-10-7-22-19(25)23(8-11-29-17(32)14(3)4)21(27)24(20(22)26)9-12-30-18(33)15(5)6/h1,3,5,7-12H2,2,4,6H3. The van der Waals surface area contributed by atoms with Gasteiger partial charge in [0.15, 0.2) is 15.2 Å². The molecule has 33 heavy (non-hydrogen) atoms. The van der Waals surface area contributed by atoms with Crippen LogP contribution in [-0.2, 0) is 33.8 Å². The molecule has 0 amide bonds. The van der Waals surface area contributed by atoms with Gasteiger partial charge in [-0.05, 0) is 74.1 Å². The third kappa shape index (κ3) is 8.30. The molecule has 1 aromatic heterocycles. The normalized spacial score (nSPS) is 10.3. The predicted octanol–water partition coefficient (Wildman–Crippen LogP) is 1.93. The van der Waals surface area contributed by atoms with Crippen LogP contribution in [0.2, 0.25) is 0 Å². The molecule has 0 bridgehead atoms. The molecule has 0 atom stereocenters. The first-order chi connectivity index (χ1) is 15.4. The predicted molar refractivity (Wildman–Crippen MR) is 139 cm³/mol. The Bertz CT molecular complexity index is 986. The zero-order valence-electron chi connectivity index (χ0n) is 18.9. The Labute approximate surface area is 207 Å². The lowest BCUT2D eigenvalue weighted by Crippen LogP contribution is -2.55. The number of hydrogen-bond acceptors (Lipinski definition) is 9. The van der Waals surface area contributed by atoms with Crippen molar-refractivity contribution >= 4 is 51.8 Å². The Morgan fingerprint density at radius 3 is 1.00 bits per heavy atom. The van der Waals surface area contributed by atoms with E-state index >= 15 is 0 Å². The summed E-state index contributed by atoms with van der Waals surface area (Å²) in [5, 5.41) is 0.500. The Balaban J connectivity index is 3.25. The van der Waals surface area contributed by atoms with E-state index in [-0.39, 0.29) is 54.6 Å². The van der Waals surface area contributed by atoms with Gasteiger partial charge in [0, 0.05) is 0 Å². The molecule has 0 spiro atoms. The van der Waals surface area contributed by atoms with Gasteiger partial charge in [0.05, 0.1) is 19.6 Å². The molecule has 0 aliphatic heterocycles. The molecule has 0 aliphatic carbocycles. The van der Waals surface area contributed by atoms with E-state index in [4.69, 9.17) is 50.9 Å². The van der Waals surface area contributed by atoms with Crippen molar-refractivity contribution in [2.45, 2.75) is 40.4 Å². The van der Waals surface area contributed by atoms with E-state index in [1.165, 1.54) is 0 Å². The van der Waals surface area contributed by atoms with Crippen LogP contribution < -0.4 is 17.1 Å². The van der Waals surface area contributed by atoms with Crippen LogP contribution in [0.5, 0.6) is 0 Å². The molecule has 1 heterocycles. The maximum Gasteiger partial charge on any atom is 0.336 e. The fraction of sp³-hybridized carbons (Fsp3) is 0.429. The van der Waals surface area contributed by atoms with Gasteiger partial charge in [0.2, 0.25) is 0 Å². The lowest BCUT2D eigenvalue weighted by molar-refractivity contribution is 0.254. The van der Waals surface area contributed by atoms with Gasteiger partial charge in [-0.25, -0.2) is 28.1 Å². The Morgan fingerprint density at radius 1 is 0.606 bits per heavy atom. The highest BCUT2D eigenvalue weighted by Gasteiger charge is 2.16. The zero-order chi connectivity index (χ0) is 25.3. The summed E-state index contributed by atoms with van der Waals surface area (Å²) in [6.07, 6.45) is 0. The quantitative estimate of drug-likeness (QED) is 0.307. The van der Waals surface area contributed by atoms with Crippen molar-refractivity contribution in [3.05, 3.63) is 67.9 Å². The van der Waals surface area contributed by atoms with Gasteiger partial charge in [-0.1, -0.05) is 19.7 Å². The molecule has 1 aromatic rings. The van der Waals surface area contributed by atoms with Crippen LogP contribution in [0.3, 0.4) is 0 Å². The molecule has 180 valence electrons. The molecular weight excluding hydrogens is 486 g/mol. The number of hydrogen-bond donors (Lipinski definition) is 0. The molecule has 0 fully saturated rings. The summed E-state index contributed by atoms with van der Waals surface area (Å²) in [5.41, 5.74) is -0.819. The minimum absolute atomic E-state index is 0.0640. The minimum atomic E-state index is -0.811. The maximum atomic E-state index is 12.9. The second kappa shape index (κ2) is 13.1. The number of aromatic nitrogens is 3. The van der Waals surface area contributed by atoms with Crippen molar-refractivity contribution < 1.29 is 14.2 Å². The van der Waals surface area contributed by atoms with Crippen molar-refractivity contribution in [1.29, 1.82) is 0 Å². The summed E-state index contributed by atoms with van der Waals surface area (Å²) >= 11 is 15.1. The Morgan fingerprint density at radius 2 is 0.818 bits per heavy atom. The Hall–Kier alpha value is -2.70. The van der Waals surface area contributed by atoms with Gasteiger partial charge < -0.3 is 14.2 Å². The lowest BCUT2D eigenvalue weighted by Gasteiger charge is -2.15. The maximum absolute atomic E-state index is 12.9. The van der Waals surface area contributed by atoms with Crippen LogP contribution >= 0.6 is 36.7 Å². The highest BCUT2D eigenvalue weighted by Crippen LogP contribution is 1.97. The molecular formula is C21H27N3O6S3. The minimum Gasteiger partial charge on any atom is -0.481 e. The van der Waals surface area contributed by atoms with Crippen molar-refractivity contribution in [2.75, 3.05) is 19.8 Å². The summed E-state index contributed by atoms with van der Waals surface area (Å²) in [6, 6.07) is 0. The van der Waals surface area contributed by atoms with Crippen molar-refractivity contribution in [2.24, 2.45) is 0 Å². The summed E-state index contributed by atoms with van der Waals surface area (Å²) < 4.78 is 18.7. The smallest absolute Gasteiger partial charge is 0.336 e. The van der Waals surface area contributed by atoms with Crippen molar-refractivity contribution in [1.82, 2.24) is 13.7 Å². The summed E-state index contributed by atoms with van der Waals surface area (Å²) in [4.78, 5) is 38.7. The number of nitrogens with zero attached hydrogens (tertiary/aromatic N) is 3. The van der Waals surface area contributed by atoms with Gasteiger partial charge >= 0.3 is 17.1 Å². The zero-order valence-corrected chi connectivity index (χ0v) is 21.3. The monoisotopic (exact) mass is 513 g/mol. The Kier molecular flexibility index (Phi) is 11.3. The molecule has 0 unspecified atom stereocenters. The van der Waals surface area contributed by atoms with Crippen LogP contribution in [0.4, 0.5) is 0 Å². The third-order valence-corrected chi connectivity index (χ3v) is 5.47. The van der Waals surface area contributed by atoms with Gasteiger partial charge in [0.1, 0.15) is 19.8 Å². The van der Waals surface area contributed by atoms with Crippen LogP contribution in [0.25, 0.3) is 0 Å². The van der Waals surface area contributed by atoms with Crippen LogP contribution in [0, 0.1) is 0 Å². The van der Waals surface area contributed by atoms with Gasteiger partial charge in [-0.3, -0.25) is 0 Å². The SMILES string of the molecule is C=C(C)C(=S)OCCn1c(=O)n(CCOC(=S)C(=C)C)c(=O)n(CCOC(=S)C(=C)C)c1=O. The molecule has 12 heteroatoms. The average Bonchev–Trinajstić information content (AvgIpc) is 2.74. The van der Waals surface area contributed by atoms with E-state index in [1.807, 2.05) is 0 Å². The highest BCUT2D eigenvalue weighted by atomic mass is 32.1. The first kappa shape index (κ1) is 28.3. The number of rotatable bonds is 12. The topological polar surface area (TPSA) is 93.7 Å². The fourth-order valence-electron chi connectivity index (χ4n) is 2.31. The van der Waals surface area contributed by atoms with Gasteiger partial charge in [0.25, 0.3) is 0 Å². The second-order valence-electron chi connectivity index (χ2n) is 7.05. The molecule has 1 rings (SSSR count). The van der Waals surface area contributed by atoms with Crippen molar-refractivity contribution in [3.63, 3.8) is 0 Å². The first-order valence-corrected chi connectivity index (χ1v) is 11.0. The van der Waals surface area contributed by atoms with Gasteiger partial charge in [-0.2, -0.15) is 0 Å². The van der Waals surface area contributed by atoms with E-state index in [9.17, 15) is 14.4 Å². The van der Waals surface area contributed by atoms with E-state index < -0.39 is 17.1 Å². The van der Waals surface area contributed by atoms with E-state index in [0.29, 0.717) is 16.7 Å². The molecule has 0 N–H and O–H groups in total. The first-order valence-electron chi connectivity index (χ1n) is 9.80. The van der Waals surface area contributed by atoms with E-state index in [2.05, 4.69) is 19.7 Å². The molecule has 0 saturated heterocycles. The van der Waals surface area contributed by atoms with Crippen LogP contribution in [0.1, 0.15) is 20.8 Å². The lowest BCUT2D eigenvalue weighted by atomic mass is 10.4. The summed E-state index contributed by atoms with van der Waals surface area (Å²) in [5.74, 6) is 0. The second-order valence-corrected chi connectivity index (χ2v) is 8.16. The van der Waals surface area contributed by atoms with E-state index in [0.717, 1.165) is 13.7 Å². The summed E-state index contributed by atoms with van der Waals surface area (Å²) in [6.45, 7) is 15.4. The van der Waals surface area contributed by atoms with Crippen LogP contribution in [-0.4, -0.2) is 48.7 Å². The molecule has 9 nitrogen and oxygen atoms in total. The largest absolute Gasteiger partial charge is 0.481 e. The average molecular weight is 514 g/mol. The highest BCUT2D eigenvalue weighted by molar-refractivity contribution is 7.80. The van der Waals surface area contributed by atoms with Crippen molar-refractivity contribution in [3.8, 4) is 0 Å². The van der Waals surface area contributed by atoms with Crippen LogP contribution in [0.15, 0.2) is 50.8 Å².